The molecular formula is C22H31ClN2O5S. The summed E-state index contributed by atoms with van der Waals surface area (Å²) in [6.45, 7) is 2.81. The Bertz CT molecular complexity index is 930. The summed E-state index contributed by atoms with van der Waals surface area (Å²) in [6, 6.07) is 2.98. The second-order valence-corrected chi connectivity index (χ2v) is 11.2. The van der Waals surface area contributed by atoms with E-state index in [9.17, 15) is 13.2 Å². The van der Waals surface area contributed by atoms with Gasteiger partial charge in [0.1, 0.15) is 5.75 Å². The van der Waals surface area contributed by atoms with E-state index in [1.807, 2.05) is 19.1 Å². The van der Waals surface area contributed by atoms with E-state index in [1.165, 1.54) is 0 Å². The van der Waals surface area contributed by atoms with Crippen LogP contribution in [0, 0.1) is 6.92 Å². The van der Waals surface area contributed by atoms with Crippen LogP contribution >= 0.6 is 11.6 Å². The highest BCUT2D eigenvalue weighted by atomic mass is 35.5. The lowest BCUT2D eigenvalue weighted by atomic mass is 9.80. The van der Waals surface area contributed by atoms with Gasteiger partial charge in [0.05, 0.1) is 25.0 Å². The van der Waals surface area contributed by atoms with Crippen molar-refractivity contribution in [1.82, 2.24) is 9.62 Å². The molecule has 1 N–H and O–H groups in total. The third-order valence-electron chi connectivity index (χ3n) is 6.81. The van der Waals surface area contributed by atoms with Crippen molar-refractivity contribution < 1.29 is 22.7 Å². The topological polar surface area (TPSA) is 84.9 Å². The number of hydrogen-bond acceptors (Lipinski definition) is 5. The zero-order valence-corrected chi connectivity index (χ0v) is 19.7. The van der Waals surface area contributed by atoms with Gasteiger partial charge in [-0.3, -0.25) is 4.79 Å². The molecule has 0 radical (unpaired) electrons. The zero-order chi connectivity index (χ0) is 22.2. The van der Waals surface area contributed by atoms with Gasteiger partial charge < -0.3 is 14.4 Å². The number of nitrogens with one attached hydrogen (secondary N) is 1. The minimum Gasteiger partial charge on any atom is -0.483 e. The van der Waals surface area contributed by atoms with Crippen LogP contribution in [0.5, 0.6) is 5.75 Å². The largest absolute Gasteiger partial charge is 0.483 e. The van der Waals surface area contributed by atoms with E-state index in [4.69, 9.17) is 21.1 Å². The van der Waals surface area contributed by atoms with Gasteiger partial charge in [0.25, 0.3) is 5.91 Å². The molecule has 1 amide bonds. The lowest BCUT2D eigenvalue weighted by Gasteiger charge is -2.41. The molecule has 4 aliphatic rings. The Balaban J connectivity index is 1.65. The average molecular weight is 471 g/mol. The molecule has 5 rings (SSSR count). The molecule has 7 nitrogen and oxygen atoms in total. The standard InChI is InChI=1S/C22H31ClN2O5S/c1-14-17(23)9-10-20-22(14)15-5-7-16(8-6-15)29-12-19-18(24-31(2,27)28)4-3-11-25(19)21(26)13-30-20/h9-10,15-16,18-19,24H,3-8,11-13H2,1-2H3/t15?,16?,18-,19?/m0/s1. The quantitative estimate of drug-likeness (QED) is 0.718. The number of benzene rings is 1. The molecule has 31 heavy (non-hydrogen) atoms. The highest BCUT2D eigenvalue weighted by Gasteiger charge is 2.38. The fourth-order valence-electron chi connectivity index (χ4n) is 5.27. The Kier molecular flexibility index (Phi) is 6.82. The van der Waals surface area contributed by atoms with Crippen molar-refractivity contribution in [2.45, 2.75) is 69.6 Å². The summed E-state index contributed by atoms with van der Waals surface area (Å²) in [5.41, 5.74) is 2.11. The van der Waals surface area contributed by atoms with Gasteiger partial charge in [0, 0.05) is 23.2 Å². The van der Waals surface area contributed by atoms with Crippen LogP contribution in [-0.4, -0.2) is 63.4 Å². The fraction of sp³-hybridized carbons (Fsp3) is 0.682. The van der Waals surface area contributed by atoms with Crippen molar-refractivity contribution in [3.8, 4) is 5.75 Å². The molecule has 2 fully saturated rings. The van der Waals surface area contributed by atoms with E-state index in [0.29, 0.717) is 30.5 Å². The number of rotatable bonds is 2. The van der Waals surface area contributed by atoms with Crippen LogP contribution in [0.4, 0.5) is 0 Å². The Morgan fingerprint density at radius 3 is 2.61 bits per heavy atom. The maximum atomic E-state index is 13.1. The minimum absolute atomic E-state index is 0.0910. The summed E-state index contributed by atoms with van der Waals surface area (Å²) in [4.78, 5) is 14.9. The summed E-state index contributed by atoms with van der Waals surface area (Å²) in [5, 5.41) is 0.710. The van der Waals surface area contributed by atoms with Crippen LogP contribution in [0.1, 0.15) is 55.6 Å². The number of carbonyl (C=O) groups is 1. The third kappa shape index (κ3) is 5.18. The van der Waals surface area contributed by atoms with Gasteiger partial charge in [-0.2, -0.15) is 0 Å². The maximum Gasteiger partial charge on any atom is 0.260 e. The minimum atomic E-state index is -3.40. The van der Waals surface area contributed by atoms with Crippen LogP contribution in [0.15, 0.2) is 12.1 Å². The number of nitrogens with zero attached hydrogens (tertiary/aromatic N) is 1. The molecule has 0 aromatic heterocycles. The molecule has 1 aromatic rings. The number of ether oxygens (including phenoxy) is 2. The third-order valence-corrected chi connectivity index (χ3v) is 7.95. The van der Waals surface area contributed by atoms with Crippen molar-refractivity contribution in [3.63, 3.8) is 0 Å². The van der Waals surface area contributed by atoms with Crippen molar-refractivity contribution in [1.29, 1.82) is 0 Å². The van der Waals surface area contributed by atoms with Gasteiger partial charge >= 0.3 is 0 Å². The maximum absolute atomic E-state index is 13.1. The number of carbonyl (C=O) groups excluding carboxylic acids is 1. The van der Waals surface area contributed by atoms with Crippen LogP contribution in [-0.2, 0) is 19.6 Å². The predicted molar refractivity (Wildman–Crippen MR) is 119 cm³/mol. The van der Waals surface area contributed by atoms with Crippen molar-refractivity contribution in [2.24, 2.45) is 0 Å². The van der Waals surface area contributed by atoms with Gasteiger partial charge in [-0.15, -0.1) is 0 Å². The van der Waals surface area contributed by atoms with Crippen LogP contribution in [0.3, 0.4) is 0 Å². The van der Waals surface area contributed by atoms with E-state index < -0.39 is 10.0 Å². The van der Waals surface area contributed by atoms with Gasteiger partial charge in [0.15, 0.2) is 6.61 Å². The first kappa shape index (κ1) is 22.8. The number of fused-ring (bicyclic) bond motifs is 5. The highest BCUT2D eigenvalue weighted by Crippen LogP contribution is 2.42. The Hall–Kier alpha value is -1.35. The van der Waals surface area contributed by atoms with E-state index in [-0.39, 0.29) is 30.7 Å². The molecule has 1 aliphatic carbocycles. The zero-order valence-electron chi connectivity index (χ0n) is 18.1. The predicted octanol–water partition coefficient (Wildman–Crippen LogP) is 2.99. The molecule has 1 aromatic carbocycles. The summed E-state index contributed by atoms with van der Waals surface area (Å²) in [6.07, 6.45) is 6.44. The molecule has 3 heterocycles. The fourth-order valence-corrected chi connectivity index (χ4v) is 6.26. The van der Waals surface area contributed by atoms with Gasteiger partial charge in [-0.1, -0.05) is 11.6 Å². The Morgan fingerprint density at radius 2 is 1.90 bits per heavy atom. The second-order valence-electron chi connectivity index (χ2n) is 8.97. The molecule has 172 valence electrons. The Morgan fingerprint density at radius 1 is 1.16 bits per heavy atom. The van der Waals surface area contributed by atoms with Crippen molar-refractivity contribution >= 4 is 27.5 Å². The first-order valence-corrected chi connectivity index (χ1v) is 13.3. The lowest BCUT2D eigenvalue weighted by molar-refractivity contribution is -0.140. The summed E-state index contributed by atoms with van der Waals surface area (Å²) >= 11 is 6.41. The number of amides is 1. The van der Waals surface area contributed by atoms with E-state index >= 15 is 0 Å². The average Bonchev–Trinajstić information content (AvgIpc) is 2.73. The summed E-state index contributed by atoms with van der Waals surface area (Å²) < 4.78 is 38.8. The van der Waals surface area contributed by atoms with E-state index in [2.05, 4.69) is 4.72 Å². The second kappa shape index (κ2) is 9.25. The van der Waals surface area contributed by atoms with Crippen LogP contribution in [0.2, 0.25) is 5.02 Å². The molecule has 2 bridgehead atoms. The van der Waals surface area contributed by atoms with Crippen molar-refractivity contribution in [3.05, 3.63) is 28.3 Å². The smallest absolute Gasteiger partial charge is 0.260 e. The number of halogens is 1. The molecule has 0 spiro atoms. The number of sulfonamides is 1. The Labute approximate surface area is 189 Å². The molecule has 3 aliphatic heterocycles. The monoisotopic (exact) mass is 470 g/mol. The molecule has 2 atom stereocenters. The molecular weight excluding hydrogens is 440 g/mol. The first-order valence-electron chi connectivity index (χ1n) is 11.0. The molecule has 1 saturated heterocycles. The van der Waals surface area contributed by atoms with Crippen LogP contribution < -0.4 is 9.46 Å². The van der Waals surface area contributed by atoms with Crippen LogP contribution in [0.25, 0.3) is 0 Å². The molecule has 1 unspecified atom stereocenters. The number of hydrogen-bond donors (Lipinski definition) is 1. The number of piperidine rings is 1. The van der Waals surface area contributed by atoms with Gasteiger partial charge in [0.2, 0.25) is 10.0 Å². The van der Waals surface area contributed by atoms with E-state index in [1.54, 1.807) is 4.90 Å². The summed E-state index contributed by atoms with van der Waals surface area (Å²) in [7, 11) is -3.40. The van der Waals surface area contributed by atoms with Gasteiger partial charge in [-0.25, -0.2) is 13.1 Å². The first-order chi connectivity index (χ1) is 14.7. The molecule has 1 saturated carbocycles. The molecule has 9 heteroatoms. The SMILES string of the molecule is Cc1c(Cl)ccc2c1C1CCC(CC1)OCC1[C@@H](NS(C)(=O)=O)CCCN1C(=O)CO2. The summed E-state index contributed by atoms with van der Waals surface area (Å²) in [5.74, 6) is 0.892. The normalized spacial score (nSPS) is 29.8. The van der Waals surface area contributed by atoms with Gasteiger partial charge in [-0.05, 0) is 69.1 Å². The van der Waals surface area contributed by atoms with E-state index in [0.717, 1.165) is 55.2 Å². The lowest BCUT2D eigenvalue weighted by Crippen LogP contribution is -2.59. The van der Waals surface area contributed by atoms with Crippen molar-refractivity contribution in [2.75, 3.05) is 26.0 Å². The highest BCUT2D eigenvalue weighted by molar-refractivity contribution is 7.88.